The Hall–Kier alpha value is -1.74. The van der Waals surface area contributed by atoms with Gasteiger partial charge in [-0.3, -0.25) is 0 Å². The fraction of sp³-hybridized carbons (Fsp3) is 0.312. The number of para-hydroxylation sites is 1. The molecule has 2 aromatic rings. The zero-order valence-corrected chi connectivity index (χ0v) is 12.7. The maximum Gasteiger partial charge on any atom is 0.126 e. The van der Waals surface area contributed by atoms with E-state index in [1.807, 2.05) is 37.4 Å². The third-order valence-electron chi connectivity index (χ3n) is 3.06. The number of nitrogens with one attached hydrogen (secondary N) is 1. The summed E-state index contributed by atoms with van der Waals surface area (Å²) in [5.41, 5.74) is 2.04. The fourth-order valence-electron chi connectivity index (χ4n) is 1.95. The molecule has 0 amide bonds. The van der Waals surface area contributed by atoms with Crippen molar-refractivity contribution < 1.29 is 0 Å². The summed E-state index contributed by atoms with van der Waals surface area (Å²) in [6, 6.07) is 14.0. The molecule has 1 N–H and O–H groups in total. The van der Waals surface area contributed by atoms with E-state index in [1.54, 1.807) is 0 Å². The van der Waals surface area contributed by atoms with Crippen molar-refractivity contribution >= 4 is 23.1 Å². The number of anilines is 2. The number of halogens is 1. The van der Waals surface area contributed by atoms with Gasteiger partial charge in [-0.25, -0.2) is 4.98 Å². The minimum absolute atomic E-state index is 0.685. The van der Waals surface area contributed by atoms with Crippen LogP contribution in [-0.2, 0) is 6.54 Å². The number of nitrogens with zero attached hydrogens (tertiary/aromatic N) is 2. The zero-order valence-electron chi connectivity index (χ0n) is 11.9. The molecule has 0 atom stereocenters. The molecule has 0 spiro atoms. The normalized spacial score (nSPS) is 10.3. The lowest BCUT2D eigenvalue weighted by atomic mass is 10.2. The number of hydrogen-bond donors (Lipinski definition) is 1. The Labute approximate surface area is 125 Å². The Morgan fingerprint density at radius 1 is 1.15 bits per heavy atom. The van der Waals surface area contributed by atoms with Crippen LogP contribution in [0.5, 0.6) is 0 Å². The fourth-order valence-corrected chi connectivity index (χ4v) is 2.11. The summed E-state index contributed by atoms with van der Waals surface area (Å²) in [5.74, 6) is 0.882. The first-order valence-corrected chi connectivity index (χ1v) is 7.24. The topological polar surface area (TPSA) is 28.2 Å². The third-order valence-corrected chi connectivity index (χ3v) is 3.40. The van der Waals surface area contributed by atoms with E-state index in [0.29, 0.717) is 11.6 Å². The minimum Gasteiger partial charge on any atom is -0.370 e. The van der Waals surface area contributed by atoms with Gasteiger partial charge in [-0.05, 0) is 30.7 Å². The van der Waals surface area contributed by atoms with Crippen molar-refractivity contribution in [2.75, 3.05) is 23.8 Å². The first kappa shape index (κ1) is 14.7. The molecule has 1 heterocycles. The summed E-state index contributed by atoms with van der Waals surface area (Å²) in [4.78, 5) is 6.73. The summed E-state index contributed by atoms with van der Waals surface area (Å²) in [5, 5.41) is 3.99. The molecule has 2 rings (SSSR count). The lowest BCUT2D eigenvalue weighted by Crippen LogP contribution is -2.18. The van der Waals surface area contributed by atoms with Crippen molar-refractivity contribution in [2.45, 2.75) is 19.9 Å². The number of hydrogen-bond acceptors (Lipinski definition) is 3. The van der Waals surface area contributed by atoms with Crippen molar-refractivity contribution in [1.82, 2.24) is 4.98 Å². The first-order valence-electron chi connectivity index (χ1n) is 6.86. The molecule has 0 saturated heterocycles. The van der Waals surface area contributed by atoms with E-state index in [4.69, 9.17) is 11.6 Å². The van der Waals surface area contributed by atoms with Crippen molar-refractivity contribution in [2.24, 2.45) is 0 Å². The third kappa shape index (κ3) is 3.87. The highest BCUT2D eigenvalue weighted by Gasteiger charge is 2.08. The summed E-state index contributed by atoms with van der Waals surface area (Å²) in [6.45, 7) is 3.74. The Morgan fingerprint density at radius 3 is 2.60 bits per heavy atom. The first-order chi connectivity index (χ1) is 9.70. The molecular formula is C16H20ClN3. The molecule has 4 heteroatoms. The van der Waals surface area contributed by atoms with Crippen LogP contribution in [0.1, 0.15) is 19.0 Å². The lowest BCUT2D eigenvalue weighted by molar-refractivity contribution is 0.881. The van der Waals surface area contributed by atoms with Gasteiger partial charge in [0.25, 0.3) is 0 Å². The lowest BCUT2D eigenvalue weighted by Gasteiger charge is -2.19. The van der Waals surface area contributed by atoms with Crippen LogP contribution in [0.15, 0.2) is 42.5 Å². The van der Waals surface area contributed by atoms with Gasteiger partial charge in [0.1, 0.15) is 5.82 Å². The molecule has 0 bridgehead atoms. The van der Waals surface area contributed by atoms with E-state index >= 15 is 0 Å². The van der Waals surface area contributed by atoms with Crippen molar-refractivity contribution in [3.05, 3.63) is 53.2 Å². The zero-order chi connectivity index (χ0) is 14.4. The molecule has 1 aromatic carbocycles. The molecule has 3 nitrogen and oxygen atoms in total. The Balaban J connectivity index is 2.11. The van der Waals surface area contributed by atoms with Gasteiger partial charge in [0.2, 0.25) is 0 Å². The van der Waals surface area contributed by atoms with Gasteiger partial charge in [-0.1, -0.05) is 36.7 Å². The second-order valence-electron chi connectivity index (χ2n) is 4.74. The maximum atomic E-state index is 6.24. The number of pyridine rings is 1. The largest absolute Gasteiger partial charge is 0.370 e. The van der Waals surface area contributed by atoms with Crippen molar-refractivity contribution in [3.8, 4) is 0 Å². The van der Waals surface area contributed by atoms with E-state index in [2.05, 4.69) is 34.3 Å². The smallest absolute Gasteiger partial charge is 0.126 e. The highest BCUT2D eigenvalue weighted by Crippen LogP contribution is 2.21. The Kier molecular flexibility index (Phi) is 5.24. The Morgan fingerprint density at radius 2 is 1.90 bits per heavy atom. The van der Waals surface area contributed by atoms with Crippen LogP contribution in [0.3, 0.4) is 0 Å². The number of rotatable bonds is 6. The summed E-state index contributed by atoms with van der Waals surface area (Å²) in [7, 11) is 2.04. The van der Waals surface area contributed by atoms with Crippen molar-refractivity contribution in [3.63, 3.8) is 0 Å². The summed E-state index contributed by atoms with van der Waals surface area (Å²) in [6.07, 6.45) is 1.07. The highest BCUT2D eigenvalue weighted by molar-refractivity contribution is 6.31. The SMILES string of the molecule is CCCNc1ccc(Cl)c(CN(C)c2ccccc2)n1. The predicted molar refractivity (Wildman–Crippen MR) is 86.6 cm³/mol. The van der Waals surface area contributed by atoms with Gasteiger partial charge in [-0.15, -0.1) is 0 Å². The van der Waals surface area contributed by atoms with Gasteiger partial charge in [-0.2, -0.15) is 0 Å². The predicted octanol–water partition coefficient (Wildman–Crippen LogP) is 4.19. The molecule has 0 radical (unpaired) electrons. The molecule has 0 saturated carbocycles. The average Bonchev–Trinajstić information content (AvgIpc) is 2.49. The molecule has 1 aromatic heterocycles. The van der Waals surface area contributed by atoms with Gasteiger partial charge in [0.15, 0.2) is 0 Å². The van der Waals surface area contributed by atoms with E-state index in [0.717, 1.165) is 30.2 Å². The van der Waals surface area contributed by atoms with Crippen LogP contribution in [0.2, 0.25) is 5.02 Å². The summed E-state index contributed by atoms with van der Waals surface area (Å²) < 4.78 is 0. The van der Waals surface area contributed by atoms with Crippen molar-refractivity contribution in [1.29, 1.82) is 0 Å². The number of aromatic nitrogens is 1. The van der Waals surface area contributed by atoms with E-state index < -0.39 is 0 Å². The highest BCUT2D eigenvalue weighted by atomic mass is 35.5. The molecule has 0 aliphatic heterocycles. The summed E-state index contributed by atoms with van der Waals surface area (Å²) >= 11 is 6.24. The second-order valence-corrected chi connectivity index (χ2v) is 5.15. The minimum atomic E-state index is 0.685. The maximum absolute atomic E-state index is 6.24. The van der Waals surface area contributed by atoms with Gasteiger partial charge >= 0.3 is 0 Å². The standard InChI is InChI=1S/C16H20ClN3/c1-3-11-18-16-10-9-14(17)15(19-16)12-20(2)13-7-5-4-6-8-13/h4-10H,3,11-12H2,1-2H3,(H,18,19). The van der Waals surface area contributed by atoms with Gasteiger partial charge in [0.05, 0.1) is 17.3 Å². The Bertz CT molecular complexity index is 543. The van der Waals surface area contributed by atoms with E-state index in [1.165, 1.54) is 0 Å². The van der Waals surface area contributed by atoms with Crippen LogP contribution < -0.4 is 10.2 Å². The average molecular weight is 290 g/mol. The number of benzene rings is 1. The monoisotopic (exact) mass is 289 g/mol. The molecule has 0 unspecified atom stereocenters. The molecule has 0 aliphatic carbocycles. The van der Waals surface area contributed by atoms with Crippen LogP contribution in [0, 0.1) is 0 Å². The molecule has 20 heavy (non-hydrogen) atoms. The van der Waals surface area contributed by atoms with Crippen LogP contribution >= 0.6 is 11.6 Å². The van der Waals surface area contributed by atoms with E-state index in [-0.39, 0.29) is 0 Å². The molecule has 106 valence electrons. The van der Waals surface area contributed by atoms with Gasteiger partial charge in [0, 0.05) is 19.3 Å². The van der Waals surface area contributed by atoms with Crippen LogP contribution in [0.4, 0.5) is 11.5 Å². The van der Waals surface area contributed by atoms with Crippen LogP contribution in [0.25, 0.3) is 0 Å². The van der Waals surface area contributed by atoms with Gasteiger partial charge < -0.3 is 10.2 Å². The van der Waals surface area contributed by atoms with E-state index in [9.17, 15) is 0 Å². The molecular weight excluding hydrogens is 270 g/mol. The quantitative estimate of drug-likeness (QED) is 0.864. The molecule has 0 aliphatic rings. The van der Waals surface area contributed by atoms with Crippen LogP contribution in [-0.4, -0.2) is 18.6 Å². The second kappa shape index (κ2) is 7.15. The molecule has 0 fully saturated rings.